The maximum absolute atomic E-state index is 12.5. The summed E-state index contributed by atoms with van der Waals surface area (Å²) in [6.45, 7) is 3.63. The molecule has 27 heavy (non-hydrogen) atoms. The lowest BCUT2D eigenvalue weighted by atomic mass is 10.1. The van der Waals surface area contributed by atoms with Gasteiger partial charge in [0.15, 0.2) is 0 Å². The fraction of sp³-hybridized carbons (Fsp3) is 0.263. The molecule has 144 valence electrons. The molecule has 0 aromatic heterocycles. The van der Waals surface area contributed by atoms with Gasteiger partial charge in [0.1, 0.15) is 0 Å². The van der Waals surface area contributed by atoms with E-state index in [-0.39, 0.29) is 11.3 Å². The average molecular weight is 390 g/mol. The lowest BCUT2D eigenvalue weighted by molar-refractivity contribution is 0.0602. The number of carbonyl (C=O) groups excluding carboxylic acids is 2. The fourth-order valence-electron chi connectivity index (χ4n) is 2.55. The van der Waals surface area contributed by atoms with Gasteiger partial charge in [-0.1, -0.05) is 12.1 Å². The zero-order valence-electron chi connectivity index (χ0n) is 15.4. The molecule has 1 N–H and O–H groups in total. The number of amides is 1. The number of nitrogens with one attached hydrogen (secondary N) is 1. The Morgan fingerprint density at radius 3 is 2.22 bits per heavy atom. The predicted octanol–water partition coefficient (Wildman–Crippen LogP) is 2.90. The van der Waals surface area contributed by atoms with Crippen LogP contribution >= 0.6 is 0 Å². The van der Waals surface area contributed by atoms with Crippen LogP contribution in [-0.2, 0) is 14.8 Å². The van der Waals surface area contributed by atoms with Crippen molar-refractivity contribution in [3.8, 4) is 0 Å². The highest BCUT2D eigenvalue weighted by atomic mass is 32.2. The number of methoxy groups -OCH3 is 1. The summed E-state index contributed by atoms with van der Waals surface area (Å²) in [6.07, 6.45) is 0. The third-order valence-electron chi connectivity index (χ3n) is 3.99. The minimum absolute atomic E-state index is 0.00656. The molecular formula is C19H22N2O5S. The van der Waals surface area contributed by atoms with Gasteiger partial charge in [0.2, 0.25) is 10.0 Å². The molecule has 0 spiro atoms. The molecule has 2 aromatic carbocycles. The van der Waals surface area contributed by atoms with Gasteiger partial charge in [-0.2, -0.15) is 0 Å². The van der Waals surface area contributed by atoms with Crippen molar-refractivity contribution >= 4 is 33.3 Å². The number of hydrogen-bond acceptors (Lipinski definition) is 5. The molecule has 0 aliphatic heterocycles. The van der Waals surface area contributed by atoms with Crippen LogP contribution in [0.15, 0.2) is 48.5 Å². The average Bonchev–Trinajstić information content (AvgIpc) is 2.68. The molecule has 0 bridgehead atoms. The van der Waals surface area contributed by atoms with Crippen molar-refractivity contribution in [3.05, 3.63) is 59.7 Å². The summed E-state index contributed by atoms with van der Waals surface area (Å²) >= 11 is 0. The molecule has 0 saturated heterocycles. The van der Waals surface area contributed by atoms with E-state index in [9.17, 15) is 18.0 Å². The summed E-state index contributed by atoms with van der Waals surface area (Å²) in [4.78, 5) is 24.3. The molecule has 0 radical (unpaired) electrons. The molecule has 0 fully saturated rings. The van der Waals surface area contributed by atoms with Gasteiger partial charge in [0.05, 0.1) is 29.8 Å². The highest BCUT2D eigenvalue weighted by molar-refractivity contribution is 7.92. The van der Waals surface area contributed by atoms with Gasteiger partial charge in [-0.25, -0.2) is 13.2 Å². The van der Waals surface area contributed by atoms with Crippen molar-refractivity contribution in [1.29, 1.82) is 0 Å². The van der Waals surface area contributed by atoms with Crippen molar-refractivity contribution in [1.82, 2.24) is 0 Å². The second-order valence-corrected chi connectivity index (χ2v) is 7.79. The Labute approximate surface area is 159 Å². The van der Waals surface area contributed by atoms with Crippen molar-refractivity contribution in [3.63, 3.8) is 0 Å². The number of carbonyl (C=O) groups is 2. The SMILES string of the molecule is CCN(c1ccc(C(=O)Nc2ccccc2C(=O)OC)cc1)S(=O)(=O)CC. The summed E-state index contributed by atoms with van der Waals surface area (Å²) in [5.41, 5.74) is 1.41. The van der Waals surface area contributed by atoms with Gasteiger partial charge >= 0.3 is 5.97 Å². The molecule has 0 heterocycles. The Morgan fingerprint density at radius 1 is 1.04 bits per heavy atom. The molecular weight excluding hydrogens is 368 g/mol. The Bertz CT molecular complexity index is 923. The van der Waals surface area contributed by atoms with Crippen LogP contribution in [0.25, 0.3) is 0 Å². The van der Waals surface area contributed by atoms with Crippen LogP contribution in [0.5, 0.6) is 0 Å². The first-order chi connectivity index (χ1) is 12.8. The second kappa shape index (κ2) is 8.68. The van der Waals surface area contributed by atoms with Gasteiger partial charge in [0.25, 0.3) is 5.91 Å². The molecule has 0 aliphatic rings. The van der Waals surface area contributed by atoms with E-state index in [4.69, 9.17) is 4.74 Å². The standard InChI is InChI=1S/C19H22N2O5S/c1-4-21(27(24,25)5-2)15-12-10-14(11-13-15)18(22)20-17-9-7-6-8-16(17)19(23)26-3/h6-13H,4-5H2,1-3H3,(H,20,22). The molecule has 8 heteroatoms. The normalized spacial score (nSPS) is 10.9. The smallest absolute Gasteiger partial charge is 0.339 e. The van der Waals surface area contributed by atoms with E-state index in [2.05, 4.69) is 5.32 Å². The number of nitrogens with zero attached hydrogens (tertiary/aromatic N) is 1. The molecule has 7 nitrogen and oxygen atoms in total. The number of hydrogen-bond donors (Lipinski definition) is 1. The molecule has 2 rings (SSSR count). The van der Waals surface area contributed by atoms with Gasteiger partial charge in [-0.15, -0.1) is 0 Å². The zero-order valence-corrected chi connectivity index (χ0v) is 16.2. The van der Waals surface area contributed by atoms with E-state index in [1.807, 2.05) is 0 Å². The summed E-state index contributed by atoms with van der Waals surface area (Å²) in [5, 5.41) is 2.67. The third kappa shape index (κ3) is 4.65. The van der Waals surface area contributed by atoms with Gasteiger partial charge in [0, 0.05) is 12.1 Å². The van der Waals surface area contributed by atoms with Crippen LogP contribution in [0.1, 0.15) is 34.6 Å². The largest absolute Gasteiger partial charge is 0.465 e. The molecule has 0 aliphatic carbocycles. The van der Waals surface area contributed by atoms with Gasteiger partial charge in [-0.05, 0) is 50.2 Å². The third-order valence-corrected chi connectivity index (χ3v) is 5.86. The van der Waals surface area contributed by atoms with Gasteiger partial charge < -0.3 is 10.1 Å². The number of rotatable bonds is 7. The Balaban J connectivity index is 2.23. The van der Waals surface area contributed by atoms with Crippen molar-refractivity contribution < 1.29 is 22.7 Å². The minimum Gasteiger partial charge on any atom is -0.465 e. The van der Waals surface area contributed by atoms with Crippen LogP contribution < -0.4 is 9.62 Å². The number of esters is 1. The first-order valence-corrected chi connectivity index (χ1v) is 10.0. The maximum Gasteiger partial charge on any atom is 0.339 e. The number of ether oxygens (including phenoxy) is 1. The minimum atomic E-state index is -3.38. The predicted molar refractivity (Wildman–Crippen MR) is 105 cm³/mol. The Kier molecular flexibility index (Phi) is 6.57. The lowest BCUT2D eigenvalue weighted by Crippen LogP contribution is -2.32. The zero-order chi connectivity index (χ0) is 20.0. The summed E-state index contributed by atoms with van der Waals surface area (Å²) in [6, 6.07) is 12.8. The van der Waals surface area contributed by atoms with Gasteiger partial charge in [-0.3, -0.25) is 9.10 Å². The molecule has 0 saturated carbocycles. The van der Waals surface area contributed by atoms with Crippen LogP contribution in [0.3, 0.4) is 0 Å². The summed E-state index contributed by atoms with van der Waals surface area (Å²) in [7, 11) is -2.11. The monoisotopic (exact) mass is 390 g/mol. The van der Waals surface area contributed by atoms with Crippen LogP contribution in [0.2, 0.25) is 0 Å². The Hall–Kier alpha value is -2.87. The van der Waals surface area contributed by atoms with Crippen LogP contribution in [0, 0.1) is 0 Å². The maximum atomic E-state index is 12.5. The summed E-state index contributed by atoms with van der Waals surface area (Å²) in [5.74, 6) is -0.975. The number of benzene rings is 2. The molecule has 0 atom stereocenters. The Morgan fingerprint density at radius 2 is 1.67 bits per heavy atom. The van der Waals surface area contributed by atoms with E-state index in [1.54, 1.807) is 62.4 Å². The quantitative estimate of drug-likeness (QED) is 0.734. The van der Waals surface area contributed by atoms with Crippen LogP contribution in [0.4, 0.5) is 11.4 Å². The fourth-order valence-corrected chi connectivity index (χ4v) is 3.70. The van der Waals surface area contributed by atoms with Crippen molar-refractivity contribution in [2.24, 2.45) is 0 Å². The topological polar surface area (TPSA) is 92.8 Å². The first-order valence-electron chi connectivity index (χ1n) is 8.43. The number of sulfonamides is 1. The molecule has 1 amide bonds. The highest BCUT2D eigenvalue weighted by Crippen LogP contribution is 2.21. The molecule has 0 unspecified atom stereocenters. The van der Waals surface area contributed by atoms with E-state index in [1.165, 1.54) is 11.4 Å². The van der Waals surface area contributed by atoms with E-state index < -0.39 is 21.9 Å². The van der Waals surface area contributed by atoms with E-state index >= 15 is 0 Å². The van der Waals surface area contributed by atoms with Crippen molar-refractivity contribution in [2.45, 2.75) is 13.8 Å². The summed E-state index contributed by atoms with van der Waals surface area (Å²) < 4.78 is 30.2. The number of anilines is 2. The highest BCUT2D eigenvalue weighted by Gasteiger charge is 2.19. The first kappa shape index (κ1) is 20.4. The lowest BCUT2D eigenvalue weighted by Gasteiger charge is -2.22. The van der Waals surface area contributed by atoms with Crippen molar-refractivity contribution in [2.75, 3.05) is 29.0 Å². The number of para-hydroxylation sites is 1. The molecule has 2 aromatic rings. The van der Waals surface area contributed by atoms with E-state index in [0.29, 0.717) is 23.5 Å². The van der Waals surface area contributed by atoms with E-state index in [0.717, 1.165) is 0 Å². The second-order valence-electron chi connectivity index (χ2n) is 5.60. The van der Waals surface area contributed by atoms with Crippen LogP contribution in [-0.4, -0.2) is 39.7 Å².